The summed E-state index contributed by atoms with van der Waals surface area (Å²) >= 11 is 1.60. The van der Waals surface area contributed by atoms with Gasteiger partial charge in [-0.05, 0) is 24.3 Å². The molecule has 0 saturated heterocycles. The first-order valence-corrected chi connectivity index (χ1v) is 6.30. The van der Waals surface area contributed by atoms with Crippen LogP contribution in [0.5, 0.6) is 11.5 Å². The zero-order valence-electron chi connectivity index (χ0n) is 10.3. The molecule has 0 heterocycles. The third-order valence-corrected chi connectivity index (χ3v) is 3.46. The third-order valence-electron chi connectivity index (χ3n) is 2.43. The lowest BCUT2D eigenvalue weighted by atomic mass is 10.3. The molecular weight excluding hydrogens is 246 g/mol. The van der Waals surface area contributed by atoms with Crippen LogP contribution < -0.4 is 15.2 Å². The Morgan fingerprint density at radius 3 is 2.50 bits per heavy atom. The van der Waals surface area contributed by atoms with Gasteiger partial charge >= 0.3 is 0 Å². The molecule has 94 valence electrons. The highest BCUT2D eigenvalue weighted by Gasteiger charge is 2.06. The molecule has 3 nitrogen and oxygen atoms in total. The van der Waals surface area contributed by atoms with Crippen LogP contribution in [-0.2, 0) is 0 Å². The predicted molar refractivity (Wildman–Crippen MR) is 74.5 cm³/mol. The van der Waals surface area contributed by atoms with Crippen LogP contribution in [0.3, 0.4) is 0 Å². The molecule has 0 aliphatic rings. The van der Waals surface area contributed by atoms with Crippen molar-refractivity contribution in [1.82, 2.24) is 0 Å². The van der Waals surface area contributed by atoms with Crippen LogP contribution in [0.2, 0.25) is 0 Å². The molecule has 0 saturated carbocycles. The first kappa shape index (κ1) is 12.6. The van der Waals surface area contributed by atoms with E-state index in [-0.39, 0.29) is 0 Å². The lowest BCUT2D eigenvalue weighted by Gasteiger charge is -2.09. The van der Waals surface area contributed by atoms with E-state index < -0.39 is 0 Å². The van der Waals surface area contributed by atoms with Gasteiger partial charge in [-0.15, -0.1) is 0 Å². The van der Waals surface area contributed by atoms with E-state index >= 15 is 0 Å². The minimum absolute atomic E-state index is 0.687. The minimum Gasteiger partial charge on any atom is -0.497 e. The molecular formula is C14H15NO2S. The number of hydrogen-bond donors (Lipinski definition) is 1. The summed E-state index contributed by atoms with van der Waals surface area (Å²) in [6, 6.07) is 13.5. The highest BCUT2D eigenvalue weighted by atomic mass is 32.2. The number of benzene rings is 2. The van der Waals surface area contributed by atoms with Gasteiger partial charge in [-0.3, -0.25) is 0 Å². The molecule has 4 heteroatoms. The van der Waals surface area contributed by atoms with Crippen LogP contribution in [0, 0.1) is 0 Å². The minimum atomic E-state index is 0.687. The van der Waals surface area contributed by atoms with Gasteiger partial charge < -0.3 is 15.2 Å². The number of nitrogen functional groups attached to an aromatic ring is 1. The quantitative estimate of drug-likeness (QED) is 0.856. The summed E-state index contributed by atoms with van der Waals surface area (Å²) in [5, 5.41) is 0. The van der Waals surface area contributed by atoms with E-state index in [1.165, 1.54) is 0 Å². The Morgan fingerprint density at radius 1 is 1.00 bits per heavy atom. The zero-order valence-corrected chi connectivity index (χ0v) is 11.2. The Balaban J connectivity index is 2.30. The number of nitrogens with two attached hydrogens (primary N) is 1. The van der Waals surface area contributed by atoms with Crippen LogP contribution in [-0.4, -0.2) is 14.2 Å². The van der Waals surface area contributed by atoms with E-state index in [1.54, 1.807) is 32.0 Å². The van der Waals surface area contributed by atoms with Gasteiger partial charge in [-0.2, -0.15) is 0 Å². The molecule has 18 heavy (non-hydrogen) atoms. The first-order valence-electron chi connectivity index (χ1n) is 5.48. The lowest BCUT2D eigenvalue weighted by Crippen LogP contribution is -1.90. The maximum atomic E-state index is 5.83. The van der Waals surface area contributed by atoms with Gasteiger partial charge in [0.2, 0.25) is 0 Å². The second-order valence-corrected chi connectivity index (χ2v) is 4.81. The molecule has 2 rings (SSSR count). The van der Waals surface area contributed by atoms with E-state index in [0.717, 1.165) is 21.3 Å². The van der Waals surface area contributed by atoms with E-state index in [4.69, 9.17) is 15.2 Å². The molecule has 0 atom stereocenters. The molecule has 0 bridgehead atoms. The number of methoxy groups -OCH3 is 2. The highest BCUT2D eigenvalue weighted by Crippen LogP contribution is 2.36. The zero-order chi connectivity index (χ0) is 13.0. The van der Waals surface area contributed by atoms with Crippen molar-refractivity contribution in [3.05, 3.63) is 42.5 Å². The van der Waals surface area contributed by atoms with Crippen molar-refractivity contribution in [3.63, 3.8) is 0 Å². The van der Waals surface area contributed by atoms with Crippen molar-refractivity contribution < 1.29 is 9.47 Å². The van der Waals surface area contributed by atoms with E-state index in [0.29, 0.717) is 5.69 Å². The Labute approximate surface area is 111 Å². The van der Waals surface area contributed by atoms with Gasteiger partial charge in [0.15, 0.2) is 0 Å². The summed E-state index contributed by atoms with van der Waals surface area (Å²) in [5.41, 5.74) is 6.52. The number of rotatable bonds is 4. The van der Waals surface area contributed by atoms with Crippen LogP contribution in [0.1, 0.15) is 0 Å². The fourth-order valence-corrected chi connectivity index (χ4v) is 2.62. The second-order valence-electron chi connectivity index (χ2n) is 3.69. The average molecular weight is 261 g/mol. The van der Waals surface area contributed by atoms with Gasteiger partial charge in [0.25, 0.3) is 0 Å². The van der Waals surface area contributed by atoms with Gasteiger partial charge in [0.1, 0.15) is 11.5 Å². The predicted octanol–water partition coefficient (Wildman–Crippen LogP) is 3.44. The van der Waals surface area contributed by atoms with Gasteiger partial charge in [0.05, 0.1) is 19.1 Å². The summed E-state index contributed by atoms with van der Waals surface area (Å²) in [5.74, 6) is 1.61. The summed E-state index contributed by atoms with van der Waals surface area (Å²) < 4.78 is 10.5. The smallest absolute Gasteiger partial charge is 0.132 e. The molecule has 0 aromatic heterocycles. The molecule has 0 radical (unpaired) electrons. The highest BCUT2D eigenvalue weighted by molar-refractivity contribution is 7.99. The third kappa shape index (κ3) is 2.90. The van der Waals surface area contributed by atoms with Gasteiger partial charge in [-0.1, -0.05) is 23.9 Å². The van der Waals surface area contributed by atoms with Crippen LogP contribution >= 0.6 is 11.8 Å². The molecule has 0 fully saturated rings. The Morgan fingerprint density at radius 2 is 1.78 bits per heavy atom. The molecule has 2 N–H and O–H groups in total. The Bertz CT molecular complexity index is 543. The average Bonchev–Trinajstić information content (AvgIpc) is 2.38. The fraction of sp³-hybridized carbons (Fsp3) is 0.143. The fourth-order valence-electron chi connectivity index (χ4n) is 1.60. The van der Waals surface area contributed by atoms with Crippen molar-refractivity contribution in [2.24, 2.45) is 0 Å². The monoisotopic (exact) mass is 261 g/mol. The van der Waals surface area contributed by atoms with Crippen molar-refractivity contribution in [1.29, 1.82) is 0 Å². The topological polar surface area (TPSA) is 44.5 Å². The van der Waals surface area contributed by atoms with E-state index in [1.807, 2.05) is 36.4 Å². The first-order chi connectivity index (χ1) is 8.72. The number of ether oxygens (including phenoxy) is 2. The number of para-hydroxylation sites is 1. The summed E-state index contributed by atoms with van der Waals surface area (Å²) in [7, 11) is 3.30. The number of anilines is 1. The van der Waals surface area contributed by atoms with E-state index in [9.17, 15) is 0 Å². The SMILES string of the molecule is COc1cc(N)cc(Sc2ccccc2OC)c1. The van der Waals surface area contributed by atoms with Crippen molar-refractivity contribution in [2.45, 2.75) is 9.79 Å². The summed E-state index contributed by atoms with van der Waals surface area (Å²) in [4.78, 5) is 2.07. The maximum Gasteiger partial charge on any atom is 0.132 e. The normalized spacial score (nSPS) is 10.1. The van der Waals surface area contributed by atoms with Crippen LogP contribution in [0.15, 0.2) is 52.3 Å². The van der Waals surface area contributed by atoms with Gasteiger partial charge in [-0.25, -0.2) is 0 Å². The largest absolute Gasteiger partial charge is 0.497 e. The van der Waals surface area contributed by atoms with Gasteiger partial charge in [0, 0.05) is 16.6 Å². The van der Waals surface area contributed by atoms with Crippen LogP contribution in [0.4, 0.5) is 5.69 Å². The molecule has 0 amide bonds. The molecule has 0 aliphatic carbocycles. The van der Waals surface area contributed by atoms with Crippen molar-refractivity contribution in [2.75, 3.05) is 20.0 Å². The Hall–Kier alpha value is -1.81. The molecule has 0 unspecified atom stereocenters. The second kappa shape index (κ2) is 5.69. The van der Waals surface area contributed by atoms with Crippen molar-refractivity contribution >= 4 is 17.4 Å². The molecule has 0 spiro atoms. The molecule has 2 aromatic rings. The molecule has 2 aromatic carbocycles. The van der Waals surface area contributed by atoms with Crippen LogP contribution in [0.25, 0.3) is 0 Å². The van der Waals surface area contributed by atoms with E-state index in [2.05, 4.69) is 0 Å². The summed E-state index contributed by atoms with van der Waals surface area (Å²) in [6.45, 7) is 0. The lowest BCUT2D eigenvalue weighted by molar-refractivity contribution is 0.405. The summed E-state index contributed by atoms with van der Waals surface area (Å²) in [6.07, 6.45) is 0. The maximum absolute atomic E-state index is 5.83. The standard InChI is InChI=1S/C14H15NO2S/c1-16-11-7-10(15)8-12(9-11)18-14-6-4-3-5-13(14)17-2/h3-9H,15H2,1-2H3. The number of hydrogen-bond acceptors (Lipinski definition) is 4. The molecule has 0 aliphatic heterocycles. The van der Waals surface area contributed by atoms with Crippen molar-refractivity contribution in [3.8, 4) is 11.5 Å². The Kier molecular flexibility index (Phi) is 3.99.